The molecule has 0 aliphatic carbocycles. The number of sulfonamides is 1. The van der Waals surface area contributed by atoms with E-state index in [9.17, 15) is 8.42 Å². The van der Waals surface area contributed by atoms with Gasteiger partial charge in [0.15, 0.2) is 0 Å². The summed E-state index contributed by atoms with van der Waals surface area (Å²) in [6, 6.07) is 7.15. The molecule has 106 valence electrons. The van der Waals surface area contributed by atoms with Gasteiger partial charge in [0.05, 0.1) is 4.90 Å². The van der Waals surface area contributed by atoms with Crippen molar-refractivity contribution in [2.75, 3.05) is 13.1 Å². The molecular formula is C14H22N2O2S. The maximum atomic E-state index is 12.2. The predicted octanol–water partition coefficient (Wildman–Crippen LogP) is 1.84. The van der Waals surface area contributed by atoms with Crippen molar-refractivity contribution in [2.24, 2.45) is 0 Å². The van der Waals surface area contributed by atoms with Crippen molar-refractivity contribution in [3.05, 3.63) is 29.8 Å². The number of rotatable bonds is 4. The molecule has 0 aromatic heterocycles. The number of piperidine rings is 1. The first-order valence-electron chi connectivity index (χ1n) is 6.82. The molecule has 0 spiro atoms. The number of hydrogen-bond acceptors (Lipinski definition) is 3. The molecule has 0 amide bonds. The van der Waals surface area contributed by atoms with Gasteiger partial charge in [-0.3, -0.25) is 0 Å². The highest BCUT2D eigenvalue weighted by Crippen LogP contribution is 2.18. The van der Waals surface area contributed by atoms with Crippen LogP contribution in [0.1, 0.15) is 38.2 Å². The molecular weight excluding hydrogens is 260 g/mol. The quantitative estimate of drug-likeness (QED) is 0.886. The van der Waals surface area contributed by atoms with E-state index in [0.29, 0.717) is 17.4 Å². The van der Waals surface area contributed by atoms with Crippen LogP contribution in [-0.4, -0.2) is 27.5 Å². The molecule has 19 heavy (non-hydrogen) atoms. The Bertz CT molecular complexity index is 503. The Morgan fingerprint density at radius 3 is 2.47 bits per heavy atom. The van der Waals surface area contributed by atoms with Gasteiger partial charge in [0.2, 0.25) is 10.0 Å². The van der Waals surface area contributed by atoms with Gasteiger partial charge in [-0.2, -0.15) is 0 Å². The normalized spacial score (nSPS) is 20.7. The van der Waals surface area contributed by atoms with E-state index < -0.39 is 10.0 Å². The van der Waals surface area contributed by atoms with Crippen molar-refractivity contribution in [3.63, 3.8) is 0 Å². The Hall–Kier alpha value is -0.910. The van der Waals surface area contributed by atoms with Crippen molar-refractivity contribution in [2.45, 2.75) is 43.5 Å². The van der Waals surface area contributed by atoms with E-state index in [1.54, 1.807) is 12.1 Å². The molecule has 0 bridgehead atoms. The summed E-state index contributed by atoms with van der Waals surface area (Å²) in [7, 11) is -3.39. The third-order valence-electron chi connectivity index (χ3n) is 3.48. The second kappa shape index (κ2) is 6.03. The summed E-state index contributed by atoms with van der Waals surface area (Å²) in [6.45, 7) is 5.87. The van der Waals surface area contributed by atoms with Crippen LogP contribution >= 0.6 is 0 Å². The minimum atomic E-state index is -3.39. The van der Waals surface area contributed by atoms with Gasteiger partial charge >= 0.3 is 0 Å². The van der Waals surface area contributed by atoms with Crippen LogP contribution in [0.25, 0.3) is 0 Å². The maximum absolute atomic E-state index is 12.2. The van der Waals surface area contributed by atoms with E-state index in [1.807, 2.05) is 12.1 Å². The van der Waals surface area contributed by atoms with Crippen molar-refractivity contribution in [1.29, 1.82) is 0 Å². The van der Waals surface area contributed by atoms with Crippen LogP contribution in [0.5, 0.6) is 0 Å². The van der Waals surface area contributed by atoms with Crippen molar-refractivity contribution in [3.8, 4) is 0 Å². The molecule has 0 radical (unpaired) electrons. The standard InChI is InChI=1S/C14H22N2O2S/c1-11(2)12-5-7-14(8-6-12)19(17,18)16-13-4-3-9-15-10-13/h5-8,11,13,15-16H,3-4,9-10H2,1-2H3/t13-/m1/s1. The van der Waals surface area contributed by atoms with E-state index >= 15 is 0 Å². The van der Waals surface area contributed by atoms with Gasteiger partial charge in [-0.25, -0.2) is 13.1 Å². The van der Waals surface area contributed by atoms with Crippen LogP contribution in [-0.2, 0) is 10.0 Å². The lowest BCUT2D eigenvalue weighted by Gasteiger charge is -2.23. The summed E-state index contributed by atoms with van der Waals surface area (Å²) in [5.74, 6) is 0.409. The molecule has 1 aromatic rings. The van der Waals surface area contributed by atoms with Crippen LogP contribution in [0.3, 0.4) is 0 Å². The fourth-order valence-electron chi connectivity index (χ4n) is 2.27. The first kappa shape index (κ1) is 14.5. The van der Waals surface area contributed by atoms with Gasteiger partial charge < -0.3 is 5.32 Å². The summed E-state index contributed by atoms with van der Waals surface area (Å²) in [5.41, 5.74) is 1.15. The fraction of sp³-hybridized carbons (Fsp3) is 0.571. The Kier molecular flexibility index (Phi) is 4.60. The van der Waals surface area contributed by atoms with Crippen LogP contribution in [0.2, 0.25) is 0 Å². The predicted molar refractivity (Wildman–Crippen MR) is 76.7 cm³/mol. The minimum Gasteiger partial charge on any atom is -0.315 e. The van der Waals surface area contributed by atoms with E-state index in [2.05, 4.69) is 23.9 Å². The highest BCUT2D eigenvalue weighted by atomic mass is 32.2. The maximum Gasteiger partial charge on any atom is 0.240 e. The third-order valence-corrected chi connectivity index (χ3v) is 5.01. The molecule has 1 saturated heterocycles. The molecule has 5 heteroatoms. The average Bonchev–Trinajstić information content (AvgIpc) is 2.39. The van der Waals surface area contributed by atoms with Crippen LogP contribution in [0.4, 0.5) is 0 Å². The first-order chi connectivity index (χ1) is 8.99. The van der Waals surface area contributed by atoms with E-state index in [0.717, 1.165) is 24.9 Å². The van der Waals surface area contributed by atoms with Crippen molar-refractivity contribution in [1.82, 2.24) is 10.0 Å². The summed E-state index contributed by atoms with van der Waals surface area (Å²) in [4.78, 5) is 0.350. The van der Waals surface area contributed by atoms with Gasteiger partial charge in [-0.05, 0) is 43.0 Å². The third kappa shape index (κ3) is 3.78. The van der Waals surface area contributed by atoms with E-state index in [1.165, 1.54) is 0 Å². The molecule has 1 fully saturated rings. The van der Waals surface area contributed by atoms with Gasteiger partial charge in [-0.15, -0.1) is 0 Å². The van der Waals surface area contributed by atoms with Crippen LogP contribution in [0.15, 0.2) is 29.2 Å². The fourth-order valence-corrected chi connectivity index (χ4v) is 3.54. The van der Waals surface area contributed by atoms with Gasteiger partial charge in [0.1, 0.15) is 0 Å². The number of benzene rings is 1. The van der Waals surface area contributed by atoms with Gasteiger partial charge in [0.25, 0.3) is 0 Å². The lowest BCUT2D eigenvalue weighted by Crippen LogP contribution is -2.45. The Morgan fingerprint density at radius 2 is 1.95 bits per heavy atom. The molecule has 2 rings (SSSR count). The van der Waals surface area contributed by atoms with Crippen molar-refractivity contribution < 1.29 is 8.42 Å². The smallest absolute Gasteiger partial charge is 0.240 e. The second-order valence-corrected chi connectivity index (χ2v) is 7.10. The first-order valence-corrected chi connectivity index (χ1v) is 8.30. The zero-order valence-corrected chi connectivity index (χ0v) is 12.3. The lowest BCUT2D eigenvalue weighted by atomic mass is 10.0. The van der Waals surface area contributed by atoms with Crippen LogP contribution in [0, 0.1) is 0 Å². The second-order valence-electron chi connectivity index (χ2n) is 5.39. The molecule has 0 unspecified atom stereocenters. The molecule has 1 aliphatic rings. The molecule has 1 heterocycles. The highest BCUT2D eigenvalue weighted by molar-refractivity contribution is 7.89. The monoisotopic (exact) mass is 282 g/mol. The van der Waals surface area contributed by atoms with E-state index in [-0.39, 0.29) is 6.04 Å². The Morgan fingerprint density at radius 1 is 1.26 bits per heavy atom. The lowest BCUT2D eigenvalue weighted by molar-refractivity contribution is 0.428. The minimum absolute atomic E-state index is 0.00326. The summed E-state index contributed by atoms with van der Waals surface area (Å²) in [5, 5.41) is 3.21. The average molecular weight is 282 g/mol. The molecule has 0 saturated carbocycles. The van der Waals surface area contributed by atoms with Gasteiger partial charge in [0, 0.05) is 12.6 Å². The molecule has 4 nitrogen and oxygen atoms in total. The topological polar surface area (TPSA) is 58.2 Å². The molecule has 1 atom stereocenters. The molecule has 1 aromatic carbocycles. The summed E-state index contributed by atoms with van der Waals surface area (Å²) < 4.78 is 27.3. The zero-order valence-electron chi connectivity index (χ0n) is 11.5. The Labute approximate surface area is 115 Å². The molecule has 2 N–H and O–H groups in total. The number of hydrogen-bond donors (Lipinski definition) is 2. The Balaban J connectivity index is 2.10. The zero-order chi connectivity index (χ0) is 13.9. The molecule has 1 aliphatic heterocycles. The van der Waals surface area contributed by atoms with Gasteiger partial charge in [-0.1, -0.05) is 26.0 Å². The summed E-state index contributed by atoms with van der Waals surface area (Å²) in [6.07, 6.45) is 1.91. The number of nitrogens with one attached hydrogen (secondary N) is 2. The SMILES string of the molecule is CC(C)c1ccc(S(=O)(=O)N[C@@H]2CCCNC2)cc1. The largest absolute Gasteiger partial charge is 0.315 e. The van der Waals surface area contributed by atoms with E-state index in [4.69, 9.17) is 0 Å². The van der Waals surface area contributed by atoms with Crippen molar-refractivity contribution >= 4 is 10.0 Å². The summed E-state index contributed by atoms with van der Waals surface area (Å²) >= 11 is 0. The highest BCUT2D eigenvalue weighted by Gasteiger charge is 2.21. The van der Waals surface area contributed by atoms with Crippen LogP contribution < -0.4 is 10.0 Å².